The van der Waals surface area contributed by atoms with Gasteiger partial charge in [-0.25, -0.2) is 4.98 Å². The van der Waals surface area contributed by atoms with E-state index in [1.54, 1.807) is 12.4 Å². The number of pyridine rings is 1. The number of ether oxygens (including phenoxy) is 1. The highest BCUT2D eigenvalue weighted by atomic mass is 35.5. The van der Waals surface area contributed by atoms with Crippen LogP contribution in [-0.4, -0.2) is 27.3 Å². The number of halogens is 1. The molecule has 0 aliphatic rings. The summed E-state index contributed by atoms with van der Waals surface area (Å²) < 4.78 is 5.88. The van der Waals surface area contributed by atoms with Gasteiger partial charge in [0.2, 0.25) is 0 Å². The first-order chi connectivity index (χ1) is 11.9. The molecule has 5 nitrogen and oxygen atoms in total. The molecule has 132 valence electrons. The Labute approximate surface area is 152 Å². The Morgan fingerprint density at radius 3 is 2.84 bits per heavy atom. The molecule has 0 spiro atoms. The lowest BCUT2D eigenvalue weighted by molar-refractivity contribution is 0.207. The molecule has 3 N–H and O–H groups in total. The van der Waals surface area contributed by atoms with E-state index in [-0.39, 0.29) is 5.54 Å². The number of fused-ring (bicyclic) bond motifs is 1. The van der Waals surface area contributed by atoms with Crippen LogP contribution in [0.2, 0.25) is 5.02 Å². The summed E-state index contributed by atoms with van der Waals surface area (Å²) in [5, 5.41) is 8.44. The van der Waals surface area contributed by atoms with Crippen molar-refractivity contribution in [3.8, 4) is 16.9 Å². The van der Waals surface area contributed by atoms with Crippen molar-refractivity contribution in [1.29, 1.82) is 0 Å². The highest BCUT2D eigenvalue weighted by Gasteiger charge is 2.21. The van der Waals surface area contributed by atoms with E-state index in [2.05, 4.69) is 29.0 Å². The number of aromatic nitrogens is 3. The second-order valence-corrected chi connectivity index (χ2v) is 7.58. The summed E-state index contributed by atoms with van der Waals surface area (Å²) in [5.74, 6) is 1.16. The maximum Gasteiger partial charge on any atom is 0.155 e. The molecule has 0 saturated carbocycles. The third-order valence-corrected chi connectivity index (χ3v) is 4.32. The molecule has 1 atom stereocenters. The standard InChI is InChI=1S/C19H23ClN4O/c1-12(2)9-19(3,21)11-25-17-5-4-13(8-16(17)20)14-6-7-22-18-15(14)10-23-24-18/h4-8,10,12H,9,11,21H2,1-3H3,(H,22,23,24). The number of rotatable bonds is 6. The highest BCUT2D eigenvalue weighted by molar-refractivity contribution is 6.32. The monoisotopic (exact) mass is 358 g/mol. The average molecular weight is 359 g/mol. The SMILES string of the molecule is CC(C)CC(C)(N)COc1ccc(-c2ccnc3[nH]ncc23)cc1Cl. The van der Waals surface area contributed by atoms with Gasteiger partial charge >= 0.3 is 0 Å². The van der Waals surface area contributed by atoms with Crippen LogP contribution in [-0.2, 0) is 0 Å². The first-order valence-corrected chi connectivity index (χ1v) is 8.73. The second-order valence-electron chi connectivity index (χ2n) is 7.18. The van der Waals surface area contributed by atoms with Crippen molar-refractivity contribution in [2.75, 3.05) is 6.61 Å². The van der Waals surface area contributed by atoms with E-state index in [0.29, 0.717) is 23.3 Å². The molecule has 1 aromatic carbocycles. The fourth-order valence-corrected chi connectivity index (χ4v) is 3.36. The summed E-state index contributed by atoms with van der Waals surface area (Å²) >= 11 is 6.43. The number of nitrogens with two attached hydrogens (primary N) is 1. The van der Waals surface area contributed by atoms with Crippen molar-refractivity contribution in [3.05, 3.63) is 41.7 Å². The van der Waals surface area contributed by atoms with E-state index in [9.17, 15) is 0 Å². The summed E-state index contributed by atoms with van der Waals surface area (Å²) in [6.45, 7) is 6.73. The van der Waals surface area contributed by atoms with Crippen molar-refractivity contribution >= 4 is 22.6 Å². The molecule has 0 bridgehead atoms. The summed E-state index contributed by atoms with van der Waals surface area (Å²) in [5.41, 5.74) is 8.68. The molecular weight excluding hydrogens is 336 g/mol. The minimum Gasteiger partial charge on any atom is -0.490 e. The van der Waals surface area contributed by atoms with Crippen molar-refractivity contribution in [3.63, 3.8) is 0 Å². The molecule has 3 aromatic rings. The molecule has 0 aliphatic carbocycles. The van der Waals surface area contributed by atoms with Crippen LogP contribution >= 0.6 is 11.6 Å². The van der Waals surface area contributed by atoms with Crippen LogP contribution in [0.3, 0.4) is 0 Å². The number of hydrogen-bond acceptors (Lipinski definition) is 4. The van der Waals surface area contributed by atoms with Gasteiger partial charge in [-0.1, -0.05) is 31.5 Å². The van der Waals surface area contributed by atoms with Gasteiger partial charge in [-0.05, 0) is 48.6 Å². The fraction of sp³-hybridized carbons (Fsp3) is 0.368. The van der Waals surface area contributed by atoms with Gasteiger partial charge < -0.3 is 10.5 Å². The number of hydrogen-bond donors (Lipinski definition) is 2. The van der Waals surface area contributed by atoms with Crippen molar-refractivity contribution < 1.29 is 4.74 Å². The zero-order valence-corrected chi connectivity index (χ0v) is 15.5. The molecule has 0 saturated heterocycles. The smallest absolute Gasteiger partial charge is 0.155 e. The Morgan fingerprint density at radius 1 is 1.32 bits per heavy atom. The Kier molecular flexibility index (Phi) is 4.97. The van der Waals surface area contributed by atoms with E-state index >= 15 is 0 Å². The number of nitrogens with zero attached hydrogens (tertiary/aromatic N) is 2. The fourth-order valence-electron chi connectivity index (χ4n) is 3.12. The minimum atomic E-state index is -0.385. The summed E-state index contributed by atoms with van der Waals surface area (Å²) in [6.07, 6.45) is 4.40. The average Bonchev–Trinajstić information content (AvgIpc) is 3.01. The molecule has 0 amide bonds. The van der Waals surface area contributed by atoms with Crippen molar-refractivity contribution in [2.45, 2.75) is 32.7 Å². The number of H-pyrrole nitrogens is 1. The lowest BCUT2D eigenvalue weighted by atomic mass is 9.93. The predicted molar refractivity (Wildman–Crippen MR) is 102 cm³/mol. The van der Waals surface area contributed by atoms with Gasteiger partial charge in [-0.3, -0.25) is 5.10 Å². The van der Waals surface area contributed by atoms with Gasteiger partial charge in [-0.15, -0.1) is 0 Å². The zero-order chi connectivity index (χ0) is 18.0. The largest absolute Gasteiger partial charge is 0.490 e. The van der Waals surface area contributed by atoms with Gasteiger partial charge in [0.15, 0.2) is 5.65 Å². The summed E-state index contributed by atoms with van der Waals surface area (Å²) in [7, 11) is 0. The van der Waals surface area contributed by atoms with Crippen LogP contribution in [0.1, 0.15) is 27.2 Å². The lowest BCUT2D eigenvalue weighted by Crippen LogP contribution is -2.43. The Morgan fingerprint density at radius 2 is 2.12 bits per heavy atom. The highest BCUT2D eigenvalue weighted by Crippen LogP contribution is 2.33. The molecule has 0 aliphatic heterocycles. The topological polar surface area (TPSA) is 76.8 Å². The van der Waals surface area contributed by atoms with Gasteiger partial charge in [0.1, 0.15) is 12.4 Å². The summed E-state index contributed by atoms with van der Waals surface area (Å²) in [4.78, 5) is 4.26. The van der Waals surface area contributed by atoms with Gasteiger partial charge in [-0.2, -0.15) is 5.10 Å². The number of aromatic amines is 1. The van der Waals surface area contributed by atoms with Crippen LogP contribution in [0.15, 0.2) is 36.7 Å². The number of nitrogens with one attached hydrogen (secondary N) is 1. The zero-order valence-electron chi connectivity index (χ0n) is 14.7. The Balaban J connectivity index is 1.81. The molecule has 2 heterocycles. The van der Waals surface area contributed by atoms with Crippen molar-refractivity contribution in [2.24, 2.45) is 11.7 Å². The van der Waals surface area contributed by atoms with Crippen molar-refractivity contribution in [1.82, 2.24) is 15.2 Å². The first kappa shape index (κ1) is 17.7. The van der Waals surface area contributed by atoms with Crippen LogP contribution in [0.5, 0.6) is 5.75 Å². The lowest BCUT2D eigenvalue weighted by Gasteiger charge is -2.26. The normalized spacial score (nSPS) is 14.0. The molecule has 2 aromatic heterocycles. The number of benzene rings is 1. The quantitative estimate of drug-likeness (QED) is 0.683. The van der Waals surface area contributed by atoms with Crippen LogP contribution < -0.4 is 10.5 Å². The molecular formula is C19H23ClN4O. The third-order valence-electron chi connectivity index (χ3n) is 4.03. The van der Waals surface area contributed by atoms with Crippen LogP contribution in [0.25, 0.3) is 22.2 Å². The van der Waals surface area contributed by atoms with E-state index in [4.69, 9.17) is 22.1 Å². The maximum atomic E-state index is 6.43. The molecule has 6 heteroatoms. The molecule has 0 radical (unpaired) electrons. The maximum absolute atomic E-state index is 6.43. The van der Waals surface area contributed by atoms with E-state index in [0.717, 1.165) is 28.6 Å². The van der Waals surface area contributed by atoms with Crippen LogP contribution in [0.4, 0.5) is 0 Å². The van der Waals surface area contributed by atoms with E-state index < -0.39 is 0 Å². The molecule has 0 fully saturated rings. The third kappa shape index (κ3) is 4.11. The minimum absolute atomic E-state index is 0.385. The van der Waals surface area contributed by atoms with Crippen LogP contribution in [0, 0.1) is 5.92 Å². The predicted octanol–water partition coefficient (Wildman–Crippen LogP) is 4.42. The van der Waals surface area contributed by atoms with E-state index in [1.807, 2.05) is 31.2 Å². The Hall–Kier alpha value is -2.11. The Bertz CT molecular complexity index is 873. The molecule has 25 heavy (non-hydrogen) atoms. The van der Waals surface area contributed by atoms with Gasteiger partial charge in [0, 0.05) is 17.1 Å². The summed E-state index contributed by atoms with van der Waals surface area (Å²) in [6, 6.07) is 7.72. The van der Waals surface area contributed by atoms with Gasteiger partial charge in [0.05, 0.1) is 11.2 Å². The second kappa shape index (κ2) is 7.02. The molecule has 1 unspecified atom stereocenters. The van der Waals surface area contributed by atoms with E-state index in [1.165, 1.54) is 0 Å². The first-order valence-electron chi connectivity index (χ1n) is 8.35. The van der Waals surface area contributed by atoms with Gasteiger partial charge in [0.25, 0.3) is 0 Å². The molecule has 3 rings (SSSR count).